The number of hydrogen-bond acceptors (Lipinski definition) is 6. The van der Waals surface area contributed by atoms with Crippen LogP contribution < -0.4 is 16.4 Å². The van der Waals surface area contributed by atoms with E-state index in [2.05, 4.69) is 15.6 Å². The predicted molar refractivity (Wildman–Crippen MR) is 79.8 cm³/mol. The highest BCUT2D eigenvalue weighted by Crippen LogP contribution is 2.27. The summed E-state index contributed by atoms with van der Waals surface area (Å²) in [5.41, 5.74) is 5.65. The summed E-state index contributed by atoms with van der Waals surface area (Å²) in [6.07, 6.45) is 1.56. The molecule has 0 aliphatic heterocycles. The molecule has 0 unspecified atom stereocenters. The van der Waals surface area contributed by atoms with Crippen LogP contribution in [0.3, 0.4) is 0 Å². The smallest absolute Gasteiger partial charge is 0.265 e. The lowest BCUT2D eigenvalue weighted by molar-refractivity contribution is 0.0953. The Kier molecular flexibility index (Phi) is 3.99. The minimum Gasteiger partial charge on any atom is -0.467 e. The number of nitrogens with zero attached hydrogens (tertiary/aromatic N) is 1. The van der Waals surface area contributed by atoms with E-state index in [0.29, 0.717) is 22.3 Å². The number of thiazole rings is 1. The fourth-order valence-electron chi connectivity index (χ4n) is 1.53. The van der Waals surface area contributed by atoms with Gasteiger partial charge in [0.15, 0.2) is 5.13 Å². The van der Waals surface area contributed by atoms with Crippen LogP contribution in [-0.2, 0) is 6.54 Å². The number of amides is 1. The van der Waals surface area contributed by atoms with Gasteiger partial charge in [0, 0.05) is 5.54 Å². The molecule has 0 bridgehead atoms. The SMILES string of the molecule is CC(C)(C)Nc1nc(N)c(C(=O)NCc2ccco2)s1. The molecule has 6 nitrogen and oxygen atoms in total. The molecule has 0 saturated carbocycles. The molecule has 0 saturated heterocycles. The minimum atomic E-state index is -0.252. The van der Waals surface area contributed by atoms with Gasteiger partial charge in [-0.3, -0.25) is 4.79 Å². The molecule has 0 aromatic carbocycles. The molecule has 0 fully saturated rings. The van der Waals surface area contributed by atoms with Crippen molar-refractivity contribution >= 4 is 28.2 Å². The van der Waals surface area contributed by atoms with E-state index in [1.54, 1.807) is 18.4 Å². The average Bonchev–Trinajstić information content (AvgIpc) is 2.93. The quantitative estimate of drug-likeness (QED) is 0.805. The maximum absolute atomic E-state index is 12.0. The third kappa shape index (κ3) is 3.74. The molecule has 0 aliphatic carbocycles. The van der Waals surface area contributed by atoms with E-state index in [1.165, 1.54) is 11.3 Å². The molecule has 7 heteroatoms. The van der Waals surface area contributed by atoms with Gasteiger partial charge in [0.2, 0.25) is 0 Å². The Morgan fingerprint density at radius 2 is 2.25 bits per heavy atom. The summed E-state index contributed by atoms with van der Waals surface area (Å²) in [6.45, 7) is 6.37. The molecule has 0 spiro atoms. The topological polar surface area (TPSA) is 93.2 Å². The largest absolute Gasteiger partial charge is 0.467 e. The molecule has 2 aromatic rings. The highest BCUT2D eigenvalue weighted by atomic mass is 32.1. The van der Waals surface area contributed by atoms with Crippen molar-refractivity contribution in [3.63, 3.8) is 0 Å². The number of carbonyl (C=O) groups excluding carboxylic acids is 1. The van der Waals surface area contributed by atoms with E-state index in [0.717, 1.165) is 0 Å². The number of nitrogens with one attached hydrogen (secondary N) is 2. The van der Waals surface area contributed by atoms with Gasteiger partial charge in [-0.2, -0.15) is 0 Å². The van der Waals surface area contributed by atoms with Gasteiger partial charge < -0.3 is 20.8 Å². The Balaban J connectivity index is 2.02. The molecule has 2 heterocycles. The van der Waals surface area contributed by atoms with E-state index >= 15 is 0 Å². The second-order valence-corrected chi connectivity index (χ2v) is 6.37. The van der Waals surface area contributed by atoms with Gasteiger partial charge in [0.25, 0.3) is 5.91 Å². The van der Waals surface area contributed by atoms with Gasteiger partial charge in [-0.25, -0.2) is 4.98 Å². The number of nitrogens with two attached hydrogens (primary N) is 1. The van der Waals surface area contributed by atoms with E-state index in [9.17, 15) is 4.79 Å². The first kappa shape index (κ1) is 14.4. The summed E-state index contributed by atoms with van der Waals surface area (Å²) in [7, 11) is 0. The van der Waals surface area contributed by atoms with E-state index in [-0.39, 0.29) is 17.3 Å². The normalized spacial score (nSPS) is 11.3. The first-order valence-corrected chi connectivity index (χ1v) is 7.02. The lowest BCUT2D eigenvalue weighted by Gasteiger charge is -2.19. The van der Waals surface area contributed by atoms with Crippen molar-refractivity contribution in [2.75, 3.05) is 11.1 Å². The number of rotatable bonds is 4. The summed E-state index contributed by atoms with van der Waals surface area (Å²) < 4.78 is 5.15. The number of furan rings is 1. The Morgan fingerprint density at radius 1 is 1.50 bits per heavy atom. The zero-order valence-corrected chi connectivity index (χ0v) is 12.5. The van der Waals surface area contributed by atoms with Gasteiger partial charge in [0.05, 0.1) is 12.8 Å². The van der Waals surface area contributed by atoms with Crippen molar-refractivity contribution in [2.45, 2.75) is 32.9 Å². The monoisotopic (exact) mass is 294 g/mol. The third-order valence-corrected chi connectivity index (χ3v) is 3.33. The van der Waals surface area contributed by atoms with Gasteiger partial charge in [-0.05, 0) is 32.9 Å². The molecular formula is C13H18N4O2S. The Bertz CT molecular complexity index is 584. The van der Waals surface area contributed by atoms with E-state index in [4.69, 9.17) is 10.2 Å². The number of carbonyl (C=O) groups is 1. The highest BCUT2D eigenvalue weighted by Gasteiger charge is 2.19. The van der Waals surface area contributed by atoms with Crippen molar-refractivity contribution in [2.24, 2.45) is 0 Å². The number of anilines is 2. The minimum absolute atomic E-state index is 0.133. The second-order valence-electron chi connectivity index (χ2n) is 5.37. The number of aromatic nitrogens is 1. The zero-order valence-electron chi connectivity index (χ0n) is 11.7. The fraction of sp³-hybridized carbons (Fsp3) is 0.385. The lowest BCUT2D eigenvalue weighted by atomic mass is 10.1. The molecule has 1 amide bonds. The summed E-state index contributed by atoms with van der Waals surface area (Å²) in [4.78, 5) is 16.6. The Labute approximate surface area is 121 Å². The fourth-order valence-corrected chi connectivity index (χ4v) is 2.54. The lowest BCUT2D eigenvalue weighted by Crippen LogP contribution is -2.25. The standard InChI is InChI=1S/C13H18N4O2S/c1-13(2,3)17-12-16-10(14)9(20-12)11(18)15-7-8-5-4-6-19-8/h4-6H,7,14H2,1-3H3,(H,15,18)(H,16,17). The van der Waals surface area contributed by atoms with Crippen molar-refractivity contribution in [1.29, 1.82) is 0 Å². The number of nitrogen functional groups attached to an aromatic ring is 1. The van der Waals surface area contributed by atoms with Crippen LogP contribution in [-0.4, -0.2) is 16.4 Å². The van der Waals surface area contributed by atoms with Crippen LogP contribution in [0.15, 0.2) is 22.8 Å². The molecule has 20 heavy (non-hydrogen) atoms. The summed E-state index contributed by atoms with van der Waals surface area (Å²) in [5, 5.41) is 6.58. The summed E-state index contributed by atoms with van der Waals surface area (Å²) >= 11 is 1.24. The Morgan fingerprint density at radius 3 is 2.85 bits per heavy atom. The first-order chi connectivity index (χ1) is 9.35. The van der Waals surface area contributed by atoms with Crippen LogP contribution in [0.2, 0.25) is 0 Å². The van der Waals surface area contributed by atoms with Crippen molar-refractivity contribution in [1.82, 2.24) is 10.3 Å². The van der Waals surface area contributed by atoms with Crippen LogP contribution in [0.5, 0.6) is 0 Å². The summed E-state index contributed by atoms with van der Waals surface area (Å²) in [6, 6.07) is 3.57. The van der Waals surface area contributed by atoms with Gasteiger partial charge in [0.1, 0.15) is 16.5 Å². The van der Waals surface area contributed by atoms with Crippen molar-refractivity contribution in [3.05, 3.63) is 29.0 Å². The van der Waals surface area contributed by atoms with Crippen LogP contribution in [0.25, 0.3) is 0 Å². The van der Waals surface area contributed by atoms with Crippen LogP contribution in [0.4, 0.5) is 10.9 Å². The first-order valence-electron chi connectivity index (χ1n) is 6.20. The van der Waals surface area contributed by atoms with Crippen molar-refractivity contribution in [3.8, 4) is 0 Å². The van der Waals surface area contributed by atoms with Gasteiger partial charge >= 0.3 is 0 Å². The van der Waals surface area contributed by atoms with Crippen LogP contribution in [0.1, 0.15) is 36.2 Å². The van der Waals surface area contributed by atoms with Crippen LogP contribution >= 0.6 is 11.3 Å². The molecular weight excluding hydrogens is 276 g/mol. The van der Waals surface area contributed by atoms with Crippen LogP contribution in [0, 0.1) is 0 Å². The molecule has 0 aliphatic rings. The molecule has 4 N–H and O–H groups in total. The highest BCUT2D eigenvalue weighted by molar-refractivity contribution is 7.18. The van der Waals surface area contributed by atoms with Gasteiger partial charge in [-0.15, -0.1) is 0 Å². The zero-order chi connectivity index (χ0) is 14.8. The van der Waals surface area contributed by atoms with E-state index in [1.807, 2.05) is 20.8 Å². The predicted octanol–water partition coefficient (Wildman–Crippen LogP) is 2.46. The molecule has 0 radical (unpaired) electrons. The molecule has 2 rings (SSSR count). The third-order valence-electron chi connectivity index (χ3n) is 2.34. The summed E-state index contributed by atoms with van der Waals surface area (Å²) in [5.74, 6) is 0.673. The second kappa shape index (κ2) is 5.54. The number of hydrogen-bond donors (Lipinski definition) is 3. The van der Waals surface area contributed by atoms with Gasteiger partial charge in [-0.1, -0.05) is 11.3 Å². The molecule has 2 aromatic heterocycles. The maximum Gasteiger partial charge on any atom is 0.265 e. The van der Waals surface area contributed by atoms with E-state index < -0.39 is 0 Å². The molecule has 0 atom stereocenters. The maximum atomic E-state index is 12.0. The average molecular weight is 294 g/mol. The Hall–Kier alpha value is -2.02. The van der Waals surface area contributed by atoms with Crippen molar-refractivity contribution < 1.29 is 9.21 Å². The molecule has 108 valence electrons.